The second-order valence-corrected chi connectivity index (χ2v) is 7.18. The van der Waals surface area contributed by atoms with Crippen LogP contribution in [0.4, 0.5) is 0 Å². The highest BCUT2D eigenvalue weighted by molar-refractivity contribution is 7.86. The first kappa shape index (κ1) is 14.9. The van der Waals surface area contributed by atoms with Crippen LogP contribution in [0.15, 0.2) is 60.2 Å². The number of nitrogens with two attached hydrogens (primary N) is 1. The summed E-state index contributed by atoms with van der Waals surface area (Å²) in [5.41, 5.74) is 2.30. The fraction of sp³-hybridized carbons (Fsp3) is 0.118. The fourth-order valence-corrected chi connectivity index (χ4v) is 3.25. The fourth-order valence-electron chi connectivity index (χ4n) is 2.11. The molecule has 0 amide bonds. The average Bonchev–Trinajstić information content (AvgIpc) is 2.88. The molecule has 0 aliphatic carbocycles. The van der Waals surface area contributed by atoms with Crippen molar-refractivity contribution in [2.45, 2.75) is 11.8 Å². The Morgan fingerprint density at radius 2 is 1.88 bits per heavy atom. The molecule has 0 saturated heterocycles. The van der Waals surface area contributed by atoms with E-state index < -0.39 is 39.3 Å². The van der Waals surface area contributed by atoms with Crippen LogP contribution in [0.5, 0.6) is 0 Å². The molecule has 1 atom stereocenters. The molecule has 2 N–H and O–H groups in total. The number of carbonyl (C=O) groups excluding carboxylic acids is 1. The third kappa shape index (κ3) is 3.95. The van der Waals surface area contributed by atoms with Gasteiger partial charge in [0.15, 0.2) is 6.08 Å². The van der Waals surface area contributed by atoms with Crippen molar-refractivity contribution in [1.29, 1.82) is 0 Å². The van der Waals surface area contributed by atoms with Gasteiger partial charge in [-0.2, -0.15) is 8.42 Å². The summed E-state index contributed by atoms with van der Waals surface area (Å²) in [6.07, 6.45) is -2.47. The van der Waals surface area contributed by atoms with Gasteiger partial charge in [-0.15, -0.1) is 0 Å². The number of hydrogen-bond acceptors (Lipinski definition) is 6. The largest absolute Gasteiger partial charge is 0.460 e. The summed E-state index contributed by atoms with van der Waals surface area (Å²) >= 11 is 11.7. The van der Waals surface area contributed by atoms with Crippen molar-refractivity contribution in [3.05, 3.63) is 81.3 Å². The molecule has 3 rings (SSSR count). The molecule has 0 fully saturated rings. The Morgan fingerprint density at radius 3 is 2.54 bits per heavy atom. The van der Waals surface area contributed by atoms with E-state index in [0.717, 1.165) is 0 Å². The Labute approximate surface area is 164 Å². The van der Waals surface area contributed by atoms with Gasteiger partial charge in [-0.25, -0.2) is 0 Å². The van der Waals surface area contributed by atoms with Gasteiger partial charge < -0.3 is 14.7 Å². The van der Waals surface area contributed by atoms with Gasteiger partial charge in [0.05, 0.1) is 14.2 Å². The predicted octanol–water partition coefficient (Wildman–Crippen LogP) is 3.31. The van der Waals surface area contributed by atoms with E-state index in [1.54, 1.807) is 6.07 Å². The molecule has 0 spiro atoms. The van der Waals surface area contributed by atoms with Gasteiger partial charge in [0.1, 0.15) is 5.70 Å². The highest BCUT2D eigenvalue weighted by Crippen LogP contribution is 2.35. The number of Topliss-reactive ketones (excluding diaryl/α,β-unsaturated/α-hetero) is 1. The number of benzene rings is 2. The van der Waals surface area contributed by atoms with Crippen LogP contribution in [-0.2, 0) is 29.5 Å². The lowest BCUT2D eigenvalue weighted by atomic mass is 10.1. The van der Waals surface area contributed by atoms with Gasteiger partial charge in [0.25, 0.3) is 0 Å². The summed E-state index contributed by atoms with van der Waals surface area (Å²) in [5.74, 6) is -3.00. The van der Waals surface area contributed by atoms with E-state index in [-0.39, 0.29) is 21.2 Å². The van der Waals surface area contributed by atoms with Crippen molar-refractivity contribution in [1.82, 2.24) is 0 Å². The molecule has 136 valence electrons. The van der Waals surface area contributed by atoms with E-state index in [1.807, 2.05) is 0 Å². The number of ether oxygens (including phenoxy) is 1. The van der Waals surface area contributed by atoms with Crippen LogP contribution in [0.3, 0.4) is 0 Å². The van der Waals surface area contributed by atoms with Crippen LogP contribution in [0.1, 0.15) is 21.3 Å². The third-order valence-corrected chi connectivity index (χ3v) is 4.85. The van der Waals surface area contributed by atoms with Gasteiger partial charge in [-0.05, 0) is 17.7 Å². The van der Waals surface area contributed by atoms with Crippen molar-refractivity contribution < 1.29 is 26.2 Å². The first-order chi connectivity index (χ1) is 13.4. The first-order valence-electron chi connectivity index (χ1n) is 8.59. The summed E-state index contributed by atoms with van der Waals surface area (Å²) in [6, 6.07) is 10.8. The Balaban J connectivity index is 1.95. The number of ketones is 1. The normalized spacial score (nSPS) is 22.4. The van der Waals surface area contributed by atoms with Crippen LogP contribution in [-0.4, -0.2) is 14.2 Å². The Bertz CT molecular complexity index is 1130. The molecule has 0 aromatic heterocycles. The molecule has 0 saturated carbocycles. The lowest BCUT2D eigenvalue weighted by Crippen LogP contribution is -2.16. The van der Waals surface area contributed by atoms with Gasteiger partial charge in [0.2, 0.25) is 17.4 Å². The zero-order chi connectivity index (χ0) is 21.6. The minimum Gasteiger partial charge on any atom is -0.460 e. The van der Waals surface area contributed by atoms with Crippen molar-refractivity contribution in [3.63, 3.8) is 0 Å². The van der Waals surface area contributed by atoms with Crippen LogP contribution < -0.4 is 5.73 Å². The zero-order valence-electron chi connectivity index (χ0n) is 15.9. The van der Waals surface area contributed by atoms with Crippen LogP contribution in [0, 0.1) is 0 Å². The summed E-state index contributed by atoms with van der Waals surface area (Å²) in [4.78, 5) is 12.7. The Morgan fingerprint density at radius 1 is 1.19 bits per heavy atom. The van der Waals surface area contributed by atoms with Gasteiger partial charge in [0, 0.05) is 5.56 Å². The molecule has 0 bridgehead atoms. The Hall–Kier alpha value is -2.22. The minimum atomic E-state index is -5.05. The van der Waals surface area contributed by atoms with E-state index in [4.69, 9.17) is 42.0 Å². The van der Waals surface area contributed by atoms with E-state index in [9.17, 15) is 13.2 Å². The maximum absolute atomic E-state index is 12.7. The molecule has 1 unspecified atom stereocenters. The van der Waals surface area contributed by atoms with E-state index >= 15 is 0 Å². The molecule has 6 nitrogen and oxygen atoms in total. The van der Waals surface area contributed by atoms with Crippen molar-refractivity contribution in [2.24, 2.45) is 5.73 Å². The van der Waals surface area contributed by atoms with Gasteiger partial charge >= 0.3 is 10.1 Å². The lowest BCUT2D eigenvalue weighted by Gasteiger charge is -2.10. The third-order valence-electron chi connectivity index (χ3n) is 3.24. The van der Waals surface area contributed by atoms with Crippen LogP contribution in [0.2, 0.25) is 10.0 Å². The molecule has 1 heterocycles. The second-order valence-electron chi connectivity index (χ2n) is 5.09. The summed E-state index contributed by atoms with van der Waals surface area (Å²) in [5, 5.41) is 0.202. The molecule has 26 heavy (non-hydrogen) atoms. The molecular weight excluding hydrogens is 401 g/mol. The quantitative estimate of drug-likeness (QED) is 0.750. The average molecular weight is 417 g/mol. The topological polar surface area (TPSA) is 95.7 Å². The van der Waals surface area contributed by atoms with E-state index in [2.05, 4.69) is 0 Å². The SMILES string of the molecule is [2H]C1(c2ccc(Cl)c(Cl)c2)OC(N)=C(OS(=O)(=O)C([2H])([2H])c2ccccc2)C1=O. The highest BCUT2D eigenvalue weighted by atomic mass is 35.5. The number of carbonyl (C=O) groups is 1. The molecule has 9 heteroatoms. The van der Waals surface area contributed by atoms with E-state index in [0.29, 0.717) is 0 Å². The maximum Gasteiger partial charge on any atom is 0.313 e. The summed E-state index contributed by atoms with van der Waals surface area (Å²) in [6.45, 7) is 0. The summed E-state index contributed by atoms with van der Waals surface area (Å²) in [7, 11) is -5.05. The van der Waals surface area contributed by atoms with Crippen LogP contribution in [0.25, 0.3) is 0 Å². The predicted molar refractivity (Wildman–Crippen MR) is 96.7 cm³/mol. The molecule has 1 aliphatic rings. The number of rotatable bonds is 5. The zero-order valence-corrected chi connectivity index (χ0v) is 15.2. The maximum atomic E-state index is 12.7. The summed E-state index contributed by atoms with van der Waals surface area (Å²) < 4.78 is 59.1. The standard InChI is InChI=1S/C17H13Cl2NO5S/c18-12-7-6-11(8-13(12)19)15-14(21)16(17(20)24-15)25-26(22,23)9-10-4-2-1-3-5-10/h1-8,15H,9,20H2/i9D2,15D. The highest BCUT2D eigenvalue weighted by Gasteiger charge is 2.39. The monoisotopic (exact) mass is 416 g/mol. The molecular formula is C17H13Cl2NO5S. The lowest BCUT2D eigenvalue weighted by molar-refractivity contribution is -0.123. The van der Waals surface area contributed by atoms with Crippen molar-refractivity contribution in [3.8, 4) is 0 Å². The van der Waals surface area contributed by atoms with Crippen molar-refractivity contribution in [2.75, 3.05) is 0 Å². The smallest absolute Gasteiger partial charge is 0.313 e. The number of halogens is 2. The molecule has 2 aromatic carbocycles. The van der Waals surface area contributed by atoms with Crippen LogP contribution >= 0.6 is 23.2 Å². The molecule has 1 aliphatic heterocycles. The van der Waals surface area contributed by atoms with Gasteiger partial charge in [-0.1, -0.05) is 59.6 Å². The first-order valence-corrected chi connectivity index (χ1v) is 9.25. The minimum absolute atomic E-state index is 0.0353. The number of hydrogen-bond donors (Lipinski definition) is 1. The molecule has 2 aromatic rings. The van der Waals surface area contributed by atoms with Gasteiger partial charge in [-0.3, -0.25) is 4.79 Å². The van der Waals surface area contributed by atoms with Crippen molar-refractivity contribution >= 4 is 39.1 Å². The second kappa shape index (κ2) is 7.19. The Kier molecular flexibility index (Phi) is 4.12. The molecule has 0 radical (unpaired) electrons. The van der Waals surface area contributed by atoms with E-state index in [1.165, 1.54) is 42.5 Å².